The van der Waals surface area contributed by atoms with Gasteiger partial charge in [0.15, 0.2) is 0 Å². The van der Waals surface area contributed by atoms with Crippen LogP contribution in [0.2, 0.25) is 10.0 Å². The Hall–Kier alpha value is -1.86. The van der Waals surface area contributed by atoms with Gasteiger partial charge in [-0.25, -0.2) is 0 Å². The van der Waals surface area contributed by atoms with Gasteiger partial charge in [-0.3, -0.25) is 14.5 Å². The number of thioether (sulfide) groups is 1. The van der Waals surface area contributed by atoms with Gasteiger partial charge in [0.1, 0.15) is 4.32 Å². The van der Waals surface area contributed by atoms with Crippen LogP contribution < -0.4 is 5.32 Å². The Morgan fingerprint density at radius 3 is 2.61 bits per heavy atom. The zero-order valence-electron chi connectivity index (χ0n) is 17.0. The number of hydrogen-bond donors (Lipinski definition) is 1. The van der Waals surface area contributed by atoms with Crippen molar-refractivity contribution in [3.05, 3.63) is 68.5 Å². The van der Waals surface area contributed by atoms with Crippen LogP contribution in [0.25, 0.3) is 6.08 Å². The highest BCUT2D eigenvalue weighted by Gasteiger charge is 2.31. The molecule has 0 aliphatic carbocycles. The van der Waals surface area contributed by atoms with Gasteiger partial charge in [0.05, 0.1) is 15.0 Å². The summed E-state index contributed by atoms with van der Waals surface area (Å²) in [6, 6.07) is 13.0. The summed E-state index contributed by atoms with van der Waals surface area (Å²) in [5, 5.41) is 3.75. The molecule has 0 bridgehead atoms. The highest BCUT2D eigenvalue weighted by Crippen LogP contribution is 2.35. The molecular weight excluding hydrogens is 471 g/mol. The van der Waals surface area contributed by atoms with Crippen LogP contribution in [0.5, 0.6) is 0 Å². The number of aryl methyl sites for hydroxylation is 1. The van der Waals surface area contributed by atoms with E-state index in [0.717, 1.165) is 30.5 Å². The largest absolute Gasteiger partial charge is 0.326 e. The second kappa shape index (κ2) is 11.1. The van der Waals surface area contributed by atoms with Crippen molar-refractivity contribution in [3.8, 4) is 0 Å². The second-order valence-electron chi connectivity index (χ2n) is 7.20. The van der Waals surface area contributed by atoms with Gasteiger partial charge in [0, 0.05) is 18.7 Å². The molecule has 0 radical (unpaired) electrons. The van der Waals surface area contributed by atoms with Crippen molar-refractivity contribution >= 4 is 75.1 Å². The molecule has 4 nitrogen and oxygen atoms in total. The molecular formula is C23H22Cl2N2O2S2. The van der Waals surface area contributed by atoms with E-state index in [1.165, 1.54) is 11.8 Å². The molecule has 0 aromatic heterocycles. The fourth-order valence-corrected chi connectivity index (χ4v) is 4.72. The first-order chi connectivity index (χ1) is 14.8. The van der Waals surface area contributed by atoms with Crippen molar-refractivity contribution in [2.45, 2.75) is 32.6 Å². The van der Waals surface area contributed by atoms with Crippen LogP contribution in [0.15, 0.2) is 47.4 Å². The van der Waals surface area contributed by atoms with Crippen molar-refractivity contribution in [1.82, 2.24) is 4.90 Å². The maximum atomic E-state index is 12.7. The van der Waals surface area contributed by atoms with E-state index < -0.39 is 0 Å². The average molecular weight is 493 g/mol. The molecule has 3 rings (SSSR count). The summed E-state index contributed by atoms with van der Waals surface area (Å²) < 4.78 is 0.534. The Morgan fingerprint density at radius 1 is 1.13 bits per heavy atom. The molecule has 0 atom stereocenters. The predicted octanol–water partition coefficient (Wildman–Crippen LogP) is 6.70. The third-order valence-electron chi connectivity index (χ3n) is 4.76. The van der Waals surface area contributed by atoms with Crippen LogP contribution in [-0.4, -0.2) is 27.6 Å². The highest BCUT2D eigenvalue weighted by atomic mass is 35.5. The fraction of sp³-hybridized carbons (Fsp3) is 0.261. The van der Waals surface area contributed by atoms with Crippen molar-refractivity contribution in [3.63, 3.8) is 0 Å². The Labute approximate surface area is 202 Å². The van der Waals surface area contributed by atoms with E-state index in [0.29, 0.717) is 37.8 Å². The van der Waals surface area contributed by atoms with Crippen molar-refractivity contribution in [2.24, 2.45) is 0 Å². The lowest BCUT2D eigenvalue weighted by Gasteiger charge is -2.14. The predicted molar refractivity (Wildman–Crippen MR) is 135 cm³/mol. The minimum atomic E-state index is -0.122. The standard InChI is InChI=1S/C23H22Cl2N2O2S2/c1-15-9-11-17(12-10-15)26-20(28)8-3-2-4-13-27-22(29)19(31-23(27)30)14-16-6-5-7-18(24)21(16)25/h5-7,9-12,14H,2-4,8,13H2,1H3,(H,26,28)/b19-14-. The molecule has 1 N–H and O–H groups in total. The average Bonchev–Trinajstić information content (AvgIpc) is 3.00. The third kappa shape index (κ3) is 6.56. The number of hydrogen-bond acceptors (Lipinski definition) is 4. The molecule has 2 aromatic carbocycles. The lowest BCUT2D eigenvalue weighted by atomic mass is 10.1. The van der Waals surface area contributed by atoms with Crippen LogP contribution in [0, 0.1) is 6.92 Å². The minimum Gasteiger partial charge on any atom is -0.326 e. The smallest absolute Gasteiger partial charge is 0.266 e. The summed E-state index contributed by atoms with van der Waals surface area (Å²) in [6.07, 6.45) is 4.52. The molecule has 1 heterocycles. The molecule has 0 unspecified atom stereocenters. The van der Waals surface area contributed by atoms with Crippen molar-refractivity contribution in [2.75, 3.05) is 11.9 Å². The summed E-state index contributed by atoms with van der Waals surface area (Å²) in [7, 11) is 0. The molecule has 0 saturated carbocycles. The number of thiocarbonyl (C=S) groups is 1. The third-order valence-corrected chi connectivity index (χ3v) is 6.97. The Morgan fingerprint density at radius 2 is 1.87 bits per heavy atom. The number of benzene rings is 2. The van der Waals surface area contributed by atoms with E-state index in [2.05, 4.69) is 5.32 Å². The molecule has 2 amide bonds. The molecule has 162 valence electrons. The normalized spacial score (nSPS) is 15.1. The highest BCUT2D eigenvalue weighted by molar-refractivity contribution is 8.26. The molecule has 1 saturated heterocycles. The fourth-order valence-electron chi connectivity index (χ4n) is 3.06. The number of amides is 2. The maximum Gasteiger partial charge on any atom is 0.266 e. The van der Waals surface area contributed by atoms with Gasteiger partial charge in [0.2, 0.25) is 5.91 Å². The number of halogens is 2. The zero-order valence-corrected chi connectivity index (χ0v) is 20.1. The Kier molecular flexibility index (Phi) is 8.55. The molecule has 31 heavy (non-hydrogen) atoms. The summed E-state index contributed by atoms with van der Waals surface area (Å²) in [4.78, 5) is 26.9. The monoisotopic (exact) mass is 492 g/mol. The maximum absolute atomic E-state index is 12.7. The van der Waals surface area contributed by atoms with Gasteiger partial charge >= 0.3 is 0 Å². The summed E-state index contributed by atoms with van der Waals surface area (Å²) in [5.41, 5.74) is 2.65. The first-order valence-electron chi connectivity index (χ1n) is 9.91. The number of rotatable bonds is 8. The van der Waals surface area contributed by atoms with E-state index in [1.54, 1.807) is 23.1 Å². The molecule has 1 aliphatic heterocycles. The lowest BCUT2D eigenvalue weighted by Crippen LogP contribution is -2.29. The van der Waals surface area contributed by atoms with Crippen LogP contribution >= 0.6 is 47.2 Å². The quantitative estimate of drug-likeness (QED) is 0.253. The van der Waals surface area contributed by atoms with Gasteiger partial charge in [0.25, 0.3) is 5.91 Å². The van der Waals surface area contributed by atoms with Gasteiger partial charge in [-0.15, -0.1) is 0 Å². The van der Waals surface area contributed by atoms with E-state index in [9.17, 15) is 9.59 Å². The van der Waals surface area contributed by atoms with Crippen molar-refractivity contribution in [1.29, 1.82) is 0 Å². The van der Waals surface area contributed by atoms with E-state index in [4.69, 9.17) is 35.4 Å². The lowest BCUT2D eigenvalue weighted by molar-refractivity contribution is -0.122. The summed E-state index contributed by atoms with van der Waals surface area (Å²) in [6.45, 7) is 2.54. The summed E-state index contributed by atoms with van der Waals surface area (Å²) in [5.74, 6) is -0.126. The summed E-state index contributed by atoms with van der Waals surface area (Å²) >= 11 is 18.9. The topological polar surface area (TPSA) is 49.4 Å². The molecule has 1 aliphatic rings. The van der Waals surface area contributed by atoms with Crippen LogP contribution in [0.1, 0.15) is 36.8 Å². The molecule has 2 aromatic rings. The van der Waals surface area contributed by atoms with E-state index >= 15 is 0 Å². The minimum absolute atomic E-state index is 0.00389. The Bertz CT molecular complexity index is 1020. The first-order valence-corrected chi connectivity index (χ1v) is 11.9. The zero-order chi connectivity index (χ0) is 22.4. The van der Waals surface area contributed by atoms with E-state index in [1.807, 2.05) is 37.3 Å². The molecule has 8 heteroatoms. The van der Waals surface area contributed by atoms with E-state index in [-0.39, 0.29) is 11.8 Å². The van der Waals surface area contributed by atoms with Crippen LogP contribution in [0.4, 0.5) is 5.69 Å². The molecule has 0 spiro atoms. The Balaban J connectivity index is 1.44. The first kappa shape index (κ1) is 23.8. The number of nitrogens with one attached hydrogen (secondary N) is 1. The number of unbranched alkanes of at least 4 members (excludes halogenated alkanes) is 2. The van der Waals surface area contributed by atoms with Crippen LogP contribution in [0.3, 0.4) is 0 Å². The van der Waals surface area contributed by atoms with Crippen LogP contribution in [-0.2, 0) is 9.59 Å². The molecule has 1 fully saturated rings. The number of carbonyl (C=O) groups is 2. The SMILES string of the molecule is Cc1ccc(NC(=O)CCCCCN2C(=O)/C(=C/c3cccc(Cl)c3Cl)SC2=S)cc1. The van der Waals surface area contributed by atoms with Gasteiger partial charge in [-0.2, -0.15) is 0 Å². The van der Waals surface area contributed by atoms with Gasteiger partial charge < -0.3 is 5.32 Å². The van der Waals surface area contributed by atoms with Gasteiger partial charge in [-0.05, 0) is 49.6 Å². The number of carbonyl (C=O) groups excluding carboxylic acids is 2. The number of nitrogens with zero attached hydrogens (tertiary/aromatic N) is 1. The second-order valence-corrected chi connectivity index (χ2v) is 9.66. The van der Waals surface area contributed by atoms with Crippen molar-refractivity contribution < 1.29 is 9.59 Å². The van der Waals surface area contributed by atoms with Gasteiger partial charge in [-0.1, -0.05) is 83.4 Å². The number of anilines is 1.